The van der Waals surface area contributed by atoms with E-state index in [4.69, 9.17) is 15.2 Å². The van der Waals surface area contributed by atoms with E-state index in [9.17, 15) is 0 Å². The van der Waals surface area contributed by atoms with Gasteiger partial charge in [0.25, 0.3) is 0 Å². The van der Waals surface area contributed by atoms with E-state index >= 15 is 0 Å². The third-order valence-corrected chi connectivity index (χ3v) is 3.05. The van der Waals surface area contributed by atoms with Gasteiger partial charge in [0.15, 0.2) is 0 Å². The molecule has 0 radical (unpaired) electrons. The minimum Gasteiger partial charge on any atom is -0.497 e. The summed E-state index contributed by atoms with van der Waals surface area (Å²) in [6.07, 6.45) is 0. The molecular weight excluding hydrogens is 240 g/mol. The number of hydrogen-bond donors (Lipinski definition) is 1. The van der Waals surface area contributed by atoms with Crippen LogP contribution in [0.2, 0.25) is 0 Å². The minimum atomic E-state index is 0.717. The third-order valence-electron chi connectivity index (χ3n) is 3.05. The lowest BCUT2D eigenvalue weighted by Gasteiger charge is -2.23. The quantitative estimate of drug-likeness (QED) is 0.856. The molecule has 0 atom stereocenters. The average molecular weight is 258 g/mol. The molecule has 100 valence electrons. The van der Waals surface area contributed by atoms with E-state index in [-0.39, 0.29) is 0 Å². The van der Waals surface area contributed by atoms with Gasteiger partial charge in [-0.1, -0.05) is 12.1 Å². The fraction of sp³-hybridized carbons (Fsp3) is 0.200. The molecule has 0 unspecified atom stereocenters. The van der Waals surface area contributed by atoms with Gasteiger partial charge in [-0.05, 0) is 24.3 Å². The summed E-state index contributed by atoms with van der Waals surface area (Å²) in [4.78, 5) is 1.98. The van der Waals surface area contributed by atoms with Crippen LogP contribution < -0.4 is 20.1 Å². The van der Waals surface area contributed by atoms with Gasteiger partial charge in [0.1, 0.15) is 11.5 Å². The lowest BCUT2D eigenvalue weighted by Crippen LogP contribution is -2.12. The van der Waals surface area contributed by atoms with E-state index in [1.165, 1.54) is 0 Å². The van der Waals surface area contributed by atoms with Crippen LogP contribution in [-0.4, -0.2) is 21.3 Å². The second kappa shape index (κ2) is 5.52. The predicted octanol–water partition coefficient (Wildman–Crippen LogP) is 3.05. The van der Waals surface area contributed by atoms with Crippen molar-refractivity contribution in [2.75, 3.05) is 31.9 Å². The molecule has 0 bridgehead atoms. The highest BCUT2D eigenvalue weighted by Gasteiger charge is 2.13. The van der Waals surface area contributed by atoms with Crippen LogP contribution in [0.15, 0.2) is 42.5 Å². The van der Waals surface area contributed by atoms with E-state index in [1.54, 1.807) is 14.2 Å². The summed E-state index contributed by atoms with van der Waals surface area (Å²) >= 11 is 0. The van der Waals surface area contributed by atoms with Crippen LogP contribution in [0.5, 0.6) is 11.5 Å². The molecule has 4 heteroatoms. The fourth-order valence-corrected chi connectivity index (χ4v) is 1.98. The average Bonchev–Trinajstić information content (AvgIpc) is 2.46. The molecule has 0 saturated heterocycles. The lowest BCUT2D eigenvalue weighted by molar-refractivity contribution is 0.404. The number of nitrogens with two attached hydrogens (primary N) is 1. The van der Waals surface area contributed by atoms with Crippen LogP contribution in [-0.2, 0) is 0 Å². The topological polar surface area (TPSA) is 47.7 Å². The van der Waals surface area contributed by atoms with Crippen LogP contribution in [0.25, 0.3) is 0 Å². The van der Waals surface area contributed by atoms with Crippen LogP contribution in [0, 0.1) is 0 Å². The van der Waals surface area contributed by atoms with Crippen molar-refractivity contribution in [3.63, 3.8) is 0 Å². The normalized spacial score (nSPS) is 10.1. The number of methoxy groups -OCH3 is 2. The highest BCUT2D eigenvalue weighted by atomic mass is 16.5. The molecule has 0 spiro atoms. The molecule has 0 saturated carbocycles. The molecule has 0 fully saturated rings. The highest BCUT2D eigenvalue weighted by Crippen LogP contribution is 2.37. The first-order valence-electron chi connectivity index (χ1n) is 5.97. The molecule has 2 rings (SSSR count). The molecule has 0 aliphatic heterocycles. The molecule has 2 aromatic carbocycles. The van der Waals surface area contributed by atoms with Crippen molar-refractivity contribution < 1.29 is 9.47 Å². The van der Waals surface area contributed by atoms with Gasteiger partial charge in [0.05, 0.1) is 31.3 Å². The van der Waals surface area contributed by atoms with Crippen molar-refractivity contribution in [1.82, 2.24) is 0 Å². The first kappa shape index (κ1) is 13.1. The first-order valence-corrected chi connectivity index (χ1v) is 5.97. The fourth-order valence-electron chi connectivity index (χ4n) is 1.98. The number of para-hydroxylation sites is 2. The Labute approximate surface area is 113 Å². The van der Waals surface area contributed by atoms with Crippen molar-refractivity contribution in [1.29, 1.82) is 0 Å². The summed E-state index contributed by atoms with van der Waals surface area (Å²) in [7, 11) is 5.24. The Bertz CT molecular complexity index is 570. The second-order valence-electron chi connectivity index (χ2n) is 4.16. The highest BCUT2D eigenvalue weighted by molar-refractivity contribution is 5.77. The molecule has 0 aliphatic rings. The Morgan fingerprint density at radius 1 is 0.947 bits per heavy atom. The summed E-state index contributed by atoms with van der Waals surface area (Å²) in [5, 5.41) is 0. The molecule has 2 N–H and O–H groups in total. The number of anilines is 3. The summed E-state index contributed by atoms with van der Waals surface area (Å²) < 4.78 is 10.6. The molecule has 4 nitrogen and oxygen atoms in total. The predicted molar refractivity (Wildman–Crippen MR) is 78.5 cm³/mol. The Morgan fingerprint density at radius 3 is 2.32 bits per heavy atom. The number of ether oxygens (including phenoxy) is 2. The van der Waals surface area contributed by atoms with Gasteiger partial charge in [-0.2, -0.15) is 0 Å². The number of nitrogens with zero attached hydrogens (tertiary/aromatic N) is 1. The van der Waals surface area contributed by atoms with Gasteiger partial charge in [-0.3, -0.25) is 0 Å². The Balaban J connectivity index is 2.48. The number of hydrogen-bond acceptors (Lipinski definition) is 4. The number of nitrogen functional groups attached to an aromatic ring is 1. The van der Waals surface area contributed by atoms with Crippen molar-refractivity contribution in [2.45, 2.75) is 0 Å². The maximum absolute atomic E-state index is 6.01. The van der Waals surface area contributed by atoms with Gasteiger partial charge in [-0.15, -0.1) is 0 Å². The SMILES string of the molecule is COc1ccc(OC)c(N(C)c2ccccc2N)c1. The van der Waals surface area contributed by atoms with Crippen molar-refractivity contribution >= 4 is 17.1 Å². The van der Waals surface area contributed by atoms with E-state index < -0.39 is 0 Å². The summed E-state index contributed by atoms with van der Waals surface area (Å²) in [5.74, 6) is 1.55. The van der Waals surface area contributed by atoms with Crippen molar-refractivity contribution in [2.24, 2.45) is 0 Å². The van der Waals surface area contributed by atoms with Gasteiger partial charge in [-0.25, -0.2) is 0 Å². The largest absolute Gasteiger partial charge is 0.497 e. The molecular formula is C15H18N2O2. The maximum Gasteiger partial charge on any atom is 0.142 e. The zero-order valence-electron chi connectivity index (χ0n) is 11.4. The van der Waals surface area contributed by atoms with E-state index in [0.717, 1.165) is 28.6 Å². The monoisotopic (exact) mass is 258 g/mol. The Kier molecular flexibility index (Phi) is 3.80. The standard InChI is InChI=1S/C15H18N2O2/c1-17(13-7-5-4-6-12(13)16)14-10-11(18-2)8-9-15(14)19-3/h4-10H,16H2,1-3H3. The smallest absolute Gasteiger partial charge is 0.142 e. The molecule has 0 aliphatic carbocycles. The van der Waals surface area contributed by atoms with Crippen LogP contribution >= 0.6 is 0 Å². The minimum absolute atomic E-state index is 0.717. The molecule has 0 aromatic heterocycles. The van der Waals surface area contributed by atoms with Crippen LogP contribution in [0.4, 0.5) is 17.1 Å². The van der Waals surface area contributed by atoms with Crippen LogP contribution in [0.1, 0.15) is 0 Å². The lowest BCUT2D eigenvalue weighted by atomic mass is 10.2. The zero-order valence-corrected chi connectivity index (χ0v) is 11.4. The summed E-state index contributed by atoms with van der Waals surface area (Å²) in [6.45, 7) is 0. The summed E-state index contributed by atoms with van der Waals surface area (Å²) in [5.41, 5.74) is 8.55. The third kappa shape index (κ3) is 2.57. The Hall–Kier alpha value is -2.36. The van der Waals surface area contributed by atoms with E-state index in [0.29, 0.717) is 0 Å². The number of rotatable bonds is 4. The second-order valence-corrected chi connectivity index (χ2v) is 4.16. The van der Waals surface area contributed by atoms with Gasteiger partial charge < -0.3 is 20.1 Å². The van der Waals surface area contributed by atoms with E-state index in [1.807, 2.05) is 54.4 Å². The first-order chi connectivity index (χ1) is 9.17. The molecule has 0 amide bonds. The Morgan fingerprint density at radius 2 is 1.68 bits per heavy atom. The van der Waals surface area contributed by atoms with Crippen molar-refractivity contribution in [3.05, 3.63) is 42.5 Å². The van der Waals surface area contributed by atoms with Crippen molar-refractivity contribution in [3.8, 4) is 11.5 Å². The van der Waals surface area contributed by atoms with Gasteiger partial charge >= 0.3 is 0 Å². The summed E-state index contributed by atoms with van der Waals surface area (Å²) in [6, 6.07) is 13.4. The molecule has 2 aromatic rings. The van der Waals surface area contributed by atoms with Gasteiger partial charge in [0, 0.05) is 13.1 Å². The van der Waals surface area contributed by atoms with Crippen LogP contribution in [0.3, 0.4) is 0 Å². The zero-order chi connectivity index (χ0) is 13.8. The number of benzene rings is 2. The molecule has 19 heavy (non-hydrogen) atoms. The van der Waals surface area contributed by atoms with Gasteiger partial charge in [0.2, 0.25) is 0 Å². The van der Waals surface area contributed by atoms with E-state index in [2.05, 4.69) is 0 Å². The molecule has 0 heterocycles. The maximum atomic E-state index is 6.01.